The van der Waals surface area contributed by atoms with Crippen LogP contribution in [-0.4, -0.2) is 32.2 Å². The normalized spacial score (nSPS) is 11.5. The van der Waals surface area contributed by atoms with E-state index >= 15 is 0 Å². The summed E-state index contributed by atoms with van der Waals surface area (Å²) in [7, 11) is 3.27. The van der Waals surface area contributed by atoms with Gasteiger partial charge in [0.15, 0.2) is 0 Å². The van der Waals surface area contributed by atoms with Gasteiger partial charge in [-0.15, -0.1) is 0 Å². The Morgan fingerprint density at radius 2 is 1.80 bits per heavy atom. The Morgan fingerprint density at radius 1 is 1.11 bits per heavy atom. The van der Waals surface area contributed by atoms with Crippen LogP contribution in [0, 0.1) is 0 Å². The highest BCUT2D eigenvalue weighted by molar-refractivity contribution is 6.30. The monoisotopic (exact) mass is 502 g/mol. The second-order valence-electron chi connectivity index (χ2n) is 8.00. The average Bonchev–Trinajstić information content (AvgIpc) is 3.38. The molecule has 0 radical (unpaired) electrons. The molecule has 4 aromatic rings. The van der Waals surface area contributed by atoms with Crippen LogP contribution in [-0.2, 0) is 26.3 Å². The van der Waals surface area contributed by atoms with Crippen LogP contribution >= 0.6 is 11.6 Å². The minimum absolute atomic E-state index is 0.115. The topological polar surface area (TPSA) is 52.3 Å². The molecule has 0 unspecified atom stereocenters. The van der Waals surface area contributed by atoms with Crippen molar-refractivity contribution in [3.63, 3.8) is 0 Å². The Hall–Kier alpha value is -3.72. The van der Waals surface area contributed by atoms with Crippen LogP contribution in [0.3, 0.4) is 0 Å². The van der Waals surface area contributed by atoms with Crippen molar-refractivity contribution in [3.8, 4) is 17.0 Å². The number of amides is 1. The second-order valence-corrected chi connectivity index (χ2v) is 8.44. The summed E-state index contributed by atoms with van der Waals surface area (Å²) in [4.78, 5) is 18.4. The molecule has 0 aliphatic rings. The molecule has 0 atom stereocenters. The zero-order chi connectivity index (χ0) is 25.2. The number of hydrogen-bond acceptors (Lipinski definition) is 3. The first-order chi connectivity index (χ1) is 16.6. The minimum Gasteiger partial charge on any atom is -0.392 e. The first kappa shape index (κ1) is 24.4. The smallest absolute Gasteiger partial charge is 0.392 e. The third kappa shape index (κ3) is 5.51. The molecule has 2 aromatic carbocycles. The van der Waals surface area contributed by atoms with Crippen molar-refractivity contribution in [3.05, 3.63) is 95.2 Å². The molecule has 6 nitrogen and oxygen atoms in total. The van der Waals surface area contributed by atoms with Crippen LogP contribution in [0.4, 0.5) is 18.0 Å². The molecule has 1 amide bonds. The van der Waals surface area contributed by atoms with Crippen LogP contribution in [0.15, 0.2) is 73.1 Å². The maximum Gasteiger partial charge on any atom is 0.431 e. The highest BCUT2D eigenvalue weighted by atomic mass is 35.5. The molecule has 0 aliphatic heterocycles. The van der Waals surface area contributed by atoms with Gasteiger partial charge in [-0.3, -0.25) is 0 Å². The molecular formula is C25H22ClF3N4O2. The summed E-state index contributed by atoms with van der Waals surface area (Å²) in [6, 6.07) is 16.0. The van der Waals surface area contributed by atoms with E-state index in [1.165, 1.54) is 11.9 Å². The summed E-state index contributed by atoms with van der Waals surface area (Å²) in [6.45, 7) is -0.0287. The zero-order valence-corrected chi connectivity index (χ0v) is 19.7. The van der Waals surface area contributed by atoms with Crippen molar-refractivity contribution < 1.29 is 22.7 Å². The lowest BCUT2D eigenvalue weighted by molar-refractivity contribution is -0.143. The Morgan fingerprint density at radius 3 is 2.40 bits per heavy atom. The maximum absolute atomic E-state index is 14.1. The molecule has 2 heterocycles. The highest BCUT2D eigenvalue weighted by Gasteiger charge is 2.38. The number of benzene rings is 2. The lowest BCUT2D eigenvalue weighted by Gasteiger charge is -2.20. The van der Waals surface area contributed by atoms with Crippen LogP contribution in [0.1, 0.15) is 17.1 Å². The first-order valence-corrected chi connectivity index (χ1v) is 11.0. The Balaban J connectivity index is 1.78. The van der Waals surface area contributed by atoms with E-state index in [4.69, 9.17) is 16.3 Å². The zero-order valence-electron chi connectivity index (χ0n) is 19.0. The molecule has 0 spiro atoms. The molecular weight excluding hydrogens is 481 g/mol. The van der Waals surface area contributed by atoms with Gasteiger partial charge in [-0.2, -0.15) is 13.2 Å². The fourth-order valence-electron chi connectivity index (χ4n) is 3.62. The van der Waals surface area contributed by atoms with E-state index in [0.29, 0.717) is 22.0 Å². The molecule has 0 saturated carbocycles. The van der Waals surface area contributed by atoms with E-state index in [2.05, 4.69) is 4.98 Å². The molecule has 0 aliphatic carbocycles. The Kier molecular flexibility index (Phi) is 6.88. The number of ether oxygens (including phenoxy) is 1. The molecule has 10 heteroatoms. The van der Waals surface area contributed by atoms with Crippen LogP contribution in [0.25, 0.3) is 11.1 Å². The molecule has 4 rings (SSSR count). The van der Waals surface area contributed by atoms with Crippen LogP contribution < -0.4 is 4.74 Å². The van der Waals surface area contributed by atoms with Crippen molar-refractivity contribution in [2.24, 2.45) is 7.05 Å². The number of imidazole rings is 1. The van der Waals surface area contributed by atoms with Crippen LogP contribution in [0.5, 0.6) is 5.88 Å². The number of rotatable bonds is 6. The fourth-order valence-corrected chi connectivity index (χ4v) is 3.75. The van der Waals surface area contributed by atoms with E-state index in [-0.39, 0.29) is 24.5 Å². The minimum atomic E-state index is -4.68. The largest absolute Gasteiger partial charge is 0.431 e. The number of aromatic nitrogens is 3. The number of nitrogens with zero attached hydrogens (tertiary/aromatic N) is 4. The molecule has 2 aromatic heterocycles. The highest BCUT2D eigenvalue weighted by Crippen LogP contribution is 2.41. The summed E-state index contributed by atoms with van der Waals surface area (Å²) < 4.78 is 50.7. The van der Waals surface area contributed by atoms with Gasteiger partial charge < -0.3 is 18.8 Å². The van der Waals surface area contributed by atoms with E-state index in [1.54, 1.807) is 78.6 Å². The maximum atomic E-state index is 14.1. The third-order valence-electron chi connectivity index (χ3n) is 5.47. The van der Waals surface area contributed by atoms with Gasteiger partial charge in [0.1, 0.15) is 11.5 Å². The number of carbonyl (C=O) groups excluding carboxylic acids is 1. The van der Waals surface area contributed by atoms with E-state index in [1.807, 2.05) is 0 Å². The molecule has 35 heavy (non-hydrogen) atoms. The number of carbonyl (C=O) groups is 1. The molecule has 182 valence electrons. The van der Waals surface area contributed by atoms with E-state index in [0.717, 1.165) is 10.6 Å². The summed E-state index contributed by atoms with van der Waals surface area (Å²) in [5.41, 5.74) is 0.251. The molecule has 0 saturated heterocycles. The molecule has 0 bridgehead atoms. The van der Waals surface area contributed by atoms with Crippen molar-refractivity contribution in [1.82, 2.24) is 19.0 Å². The van der Waals surface area contributed by atoms with Gasteiger partial charge in [-0.25, -0.2) is 9.78 Å². The van der Waals surface area contributed by atoms with Gasteiger partial charge in [0.25, 0.3) is 0 Å². The van der Waals surface area contributed by atoms with Gasteiger partial charge in [0.2, 0.25) is 5.88 Å². The molecule has 0 fully saturated rings. The van der Waals surface area contributed by atoms with E-state index < -0.39 is 18.0 Å². The van der Waals surface area contributed by atoms with Gasteiger partial charge in [-0.1, -0.05) is 54.1 Å². The van der Waals surface area contributed by atoms with Gasteiger partial charge >= 0.3 is 12.3 Å². The van der Waals surface area contributed by atoms with Gasteiger partial charge in [-0.05, 0) is 29.3 Å². The average molecular weight is 503 g/mol. The SMILES string of the molecule is CN(Cc1nccn1C)C(=O)Oc1c(-c2ccc(Cl)cc2)cc(C(F)(F)F)n1Cc1ccccc1. The van der Waals surface area contributed by atoms with Crippen molar-refractivity contribution >= 4 is 17.7 Å². The Bertz CT molecular complexity index is 1310. The van der Waals surface area contributed by atoms with Crippen LogP contribution in [0.2, 0.25) is 5.02 Å². The summed E-state index contributed by atoms with van der Waals surface area (Å²) in [6.07, 6.45) is -2.18. The number of hydrogen-bond donors (Lipinski definition) is 0. The standard InChI is InChI=1S/C25H22ClF3N4O2/c1-31-13-12-30-22(31)16-32(2)24(34)35-23-20(18-8-10-19(26)11-9-18)14-21(25(27,28)29)33(23)15-17-6-4-3-5-7-17/h3-14H,15-16H2,1-2H3. The van der Waals surface area contributed by atoms with E-state index in [9.17, 15) is 18.0 Å². The number of alkyl halides is 3. The summed E-state index contributed by atoms with van der Waals surface area (Å²) in [5, 5.41) is 0.432. The number of aryl methyl sites for hydroxylation is 1. The van der Waals surface area contributed by atoms with Gasteiger partial charge in [0, 0.05) is 37.1 Å². The first-order valence-electron chi connectivity index (χ1n) is 10.6. The predicted octanol–water partition coefficient (Wildman–Crippen LogP) is 6.24. The fraction of sp³-hybridized carbons (Fsp3) is 0.200. The molecule has 0 N–H and O–H groups in total. The predicted molar refractivity (Wildman–Crippen MR) is 126 cm³/mol. The third-order valence-corrected chi connectivity index (χ3v) is 5.72. The lowest BCUT2D eigenvalue weighted by Crippen LogP contribution is -2.31. The van der Waals surface area contributed by atoms with Gasteiger partial charge in [0.05, 0.1) is 13.1 Å². The quantitative estimate of drug-likeness (QED) is 0.313. The summed E-state index contributed by atoms with van der Waals surface area (Å²) in [5.74, 6) is 0.387. The lowest BCUT2D eigenvalue weighted by atomic mass is 10.1. The second kappa shape index (κ2) is 9.87. The van der Waals surface area contributed by atoms with Crippen molar-refractivity contribution in [1.29, 1.82) is 0 Å². The summed E-state index contributed by atoms with van der Waals surface area (Å²) >= 11 is 5.98. The Labute approximate surface area is 205 Å². The van der Waals surface area contributed by atoms with Crippen molar-refractivity contribution in [2.75, 3.05) is 7.05 Å². The van der Waals surface area contributed by atoms with Crippen molar-refractivity contribution in [2.45, 2.75) is 19.3 Å². The number of halogens is 4.